The number of nitrogens with zero attached hydrogens (tertiary/aromatic N) is 5. The summed E-state index contributed by atoms with van der Waals surface area (Å²) in [6.45, 7) is 7.93. The zero-order valence-corrected chi connectivity index (χ0v) is 23.4. The van der Waals surface area contributed by atoms with E-state index in [2.05, 4.69) is 65.8 Å². The van der Waals surface area contributed by atoms with Crippen LogP contribution in [0, 0.1) is 12.8 Å². The summed E-state index contributed by atoms with van der Waals surface area (Å²) >= 11 is 0. The highest BCUT2D eigenvalue weighted by Gasteiger charge is 2.16. The van der Waals surface area contributed by atoms with Crippen molar-refractivity contribution in [3.63, 3.8) is 0 Å². The molecule has 0 saturated heterocycles. The lowest BCUT2D eigenvalue weighted by molar-refractivity contribution is 0.489. The Labute approximate surface area is 234 Å². The molecular weight excluding hydrogens is 496 g/mol. The summed E-state index contributed by atoms with van der Waals surface area (Å²) in [5.41, 5.74) is 9.03. The molecule has 1 fully saturated rings. The van der Waals surface area contributed by atoms with Gasteiger partial charge in [-0.1, -0.05) is 32.8 Å². The van der Waals surface area contributed by atoms with Crippen LogP contribution in [0.4, 0.5) is 0 Å². The lowest BCUT2D eigenvalue weighted by Crippen LogP contribution is -2.20. The third kappa shape index (κ3) is 5.14. The van der Waals surface area contributed by atoms with Gasteiger partial charge in [0.1, 0.15) is 11.3 Å². The Morgan fingerprint density at radius 2 is 1.85 bits per heavy atom. The Bertz CT molecular complexity index is 1730. The van der Waals surface area contributed by atoms with Crippen molar-refractivity contribution >= 4 is 21.9 Å². The molecule has 1 saturated carbocycles. The van der Waals surface area contributed by atoms with Crippen molar-refractivity contribution in [2.24, 2.45) is 5.92 Å². The molecule has 40 heavy (non-hydrogen) atoms. The maximum absolute atomic E-state index is 4.67. The Hall–Kier alpha value is -4.30. The van der Waals surface area contributed by atoms with E-state index >= 15 is 0 Å². The van der Waals surface area contributed by atoms with Gasteiger partial charge >= 0.3 is 0 Å². The summed E-state index contributed by atoms with van der Waals surface area (Å²) in [5.74, 6) is 0.827. The Morgan fingerprint density at radius 3 is 2.67 bits per heavy atom. The summed E-state index contributed by atoms with van der Waals surface area (Å²) in [6, 6.07) is 12.8. The normalized spacial score (nSPS) is 13.7. The van der Waals surface area contributed by atoms with Crippen molar-refractivity contribution in [3.05, 3.63) is 78.8 Å². The largest absolute Gasteiger partial charge is 0.338 e. The summed E-state index contributed by atoms with van der Waals surface area (Å²) < 4.78 is 2.03. The van der Waals surface area contributed by atoms with Gasteiger partial charge in [-0.2, -0.15) is 5.10 Å². The molecule has 0 aliphatic heterocycles. The molecule has 1 aromatic carbocycles. The second-order valence-corrected chi connectivity index (χ2v) is 10.4. The molecule has 8 heteroatoms. The molecule has 8 nitrogen and oxygen atoms in total. The van der Waals surface area contributed by atoms with Gasteiger partial charge in [-0.25, -0.2) is 9.97 Å². The first-order chi connectivity index (χ1) is 19.7. The summed E-state index contributed by atoms with van der Waals surface area (Å²) in [6.07, 6.45) is 15.0. The van der Waals surface area contributed by atoms with E-state index in [0.717, 1.165) is 74.8 Å². The van der Waals surface area contributed by atoms with E-state index in [1.165, 1.54) is 31.2 Å². The number of pyridine rings is 2. The molecule has 1 aliphatic carbocycles. The first-order valence-corrected chi connectivity index (χ1v) is 14.3. The number of rotatable bonds is 7. The minimum absolute atomic E-state index is 0.818. The molecule has 0 radical (unpaired) electrons. The molecule has 1 aliphatic rings. The van der Waals surface area contributed by atoms with Crippen molar-refractivity contribution in [2.45, 2.75) is 53.0 Å². The Balaban J connectivity index is 0.00000142. The zero-order valence-electron chi connectivity index (χ0n) is 23.4. The van der Waals surface area contributed by atoms with Gasteiger partial charge in [0.05, 0.1) is 28.9 Å². The van der Waals surface area contributed by atoms with Crippen LogP contribution in [0.25, 0.3) is 50.1 Å². The molecule has 0 unspecified atom stereocenters. The number of benzene rings is 1. The number of nitrogens with one attached hydrogen (secondary N) is 3. The standard InChI is InChI=1S/C30H30N8.C2H6/c1-19-17-38(18-34-19)28-8-9-33-30-25(28)12-27(35-30)29-24-11-22(6-7-26(24)36-37-29)23-10-21(15-32-16-23)14-31-13-20-4-2-3-5-20;1-2/h6-12,15-18,20,31H,2-5,13-14H2,1H3,(H,33,35)(H,36,37);1-2H3. The monoisotopic (exact) mass is 532 g/mol. The van der Waals surface area contributed by atoms with Crippen LogP contribution in [-0.2, 0) is 6.54 Å². The molecule has 5 heterocycles. The van der Waals surface area contributed by atoms with Crippen molar-refractivity contribution < 1.29 is 0 Å². The molecule has 5 aromatic heterocycles. The highest BCUT2D eigenvalue weighted by atomic mass is 15.1. The number of imidazole rings is 1. The molecule has 7 rings (SSSR count). The van der Waals surface area contributed by atoms with Gasteiger partial charge in [0.2, 0.25) is 0 Å². The zero-order chi connectivity index (χ0) is 27.5. The quantitative estimate of drug-likeness (QED) is 0.206. The molecule has 6 aromatic rings. The van der Waals surface area contributed by atoms with E-state index < -0.39 is 0 Å². The second kappa shape index (κ2) is 11.4. The highest BCUT2D eigenvalue weighted by Crippen LogP contribution is 2.33. The Kier molecular flexibility index (Phi) is 7.42. The molecular formula is C32H36N8. The van der Waals surface area contributed by atoms with Gasteiger partial charge in [0.15, 0.2) is 0 Å². The lowest BCUT2D eigenvalue weighted by Gasteiger charge is -2.11. The number of aromatic nitrogens is 7. The predicted octanol–water partition coefficient (Wildman–Crippen LogP) is 6.97. The smallest absolute Gasteiger partial charge is 0.139 e. The maximum Gasteiger partial charge on any atom is 0.139 e. The lowest BCUT2D eigenvalue weighted by atomic mass is 10.0. The van der Waals surface area contributed by atoms with Crippen LogP contribution < -0.4 is 5.32 Å². The van der Waals surface area contributed by atoms with Gasteiger partial charge in [0.25, 0.3) is 0 Å². The third-order valence-electron chi connectivity index (χ3n) is 7.68. The number of aromatic amines is 2. The summed E-state index contributed by atoms with van der Waals surface area (Å²) in [4.78, 5) is 17.0. The Morgan fingerprint density at radius 1 is 0.975 bits per heavy atom. The van der Waals surface area contributed by atoms with E-state index in [9.17, 15) is 0 Å². The molecule has 3 N–H and O–H groups in total. The molecule has 0 bridgehead atoms. The number of hydrogen-bond donors (Lipinski definition) is 3. The van der Waals surface area contributed by atoms with Crippen molar-refractivity contribution in [2.75, 3.05) is 6.54 Å². The van der Waals surface area contributed by atoms with Crippen LogP contribution in [0.1, 0.15) is 50.8 Å². The third-order valence-corrected chi connectivity index (χ3v) is 7.68. The second-order valence-electron chi connectivity index (χ2n) is 10.4. The van der Waals surface area contributed by atoms with Gasteiger partial charge in [-0.3, -0.25) is 10.1 Å². The number of H-pyrrole nitrogens is 2. The SMILES string of the molecule is CC.Cc1cn(-c2ccnc3[nH]c(-c4n[nH]c5ccc(-c6cncc(CNCC7CCCC7)c6)cc45)cc23)cn1. The van der Waals surface area contributed by atoms with Crippen LogP contribution in [0.2, 0.25) is 0 Å². The molecule has 0 amide bonds. The van der Waals surface area contributed by atoms with Crippen LogP contribution >= 0.6 is 0 Å². The summed E-state index contributed by atoms with van der Waals surface area (Å²) in [7, 11) is 0. The van der Waals surface area contributed by atoms with Gasteiger partial charge in [-0.15, -0.1) is 0 Å². The predicted molar refractivity (Wildman–Crippen MR) is 161 cm³/mol. The van der Waals surface area contributed by atoms with E-state index in [1.807, 2.05) is 62.5 Å². The molecule has 0 atom stereocenters. The van der Waals surface area contributed by atoms with Crippen LogP contribution in [0.15, 0.2) is 67.5 Å². The molecule has 0 spiro atoms. The van der Waals surface area contributed by atoms with Gasteiger partial charge in [0, 0.05) is 47.7 Å². The highest BCUT2D eigenvalue weighted by molar-refractivity contribution is 5.98. The maximum atomic E-state index is 4.67. The fourth-order valence-electron chi connectivity index (χ4n) is 5.69. The van der Waals surface area contributed by atoms with Gasteiger partial charge < -0.3 is 14.9 Å². The number of fused-ring (bicyclic) bond motifs is 2. The van der Waals surface area contributed by atoms with E-state index in [-0.39, 0.29) is 0 Å². The number of aryl methyl sites for hydroxylation is 1. The first-order valence-electron chi connectivity index (χ1n) is 14.3. The first kappa shape index (κ1) is 26.0. The fourth-order valence-corrected chi connectivity index (χ4v) is 5.69. The number of hydrogen-bond acceptors (Lipinski definition) is 5. The van der Waals surface area contributed by atoms with Crippen molar-refractivity contribution in [3.8, 4) is 28.2 Å². The summed E-state index contributed by atoms with van der Waals surface area (Å²) in [5, 5.41) is 13.6. The van der Waals surface area contributed by atoms with E-state index in [0.29, 0.717) is 0 Å². The van der Waals surface area contributed by atoms with Crippen molar-refractivity contribution in [1.82, 2.24) is 40.0 Å². The minimum atomic E-state index is 0.818. The van der Waals surface area contributed by atoms with Crippen LogP contribution in [-0.4, -0.2) is 41.2 Å². The van der Waals surface area contributed by atoms with Gasteiger partial charge in [-0.05, 0) is 73.7 Å². The van der Waals surface area contributed by atoms with E-state index in [4.69, 9.17) is 0 Å². The topological polar surface area (TPSA) is 100 Å². The average molecular weight is 533 g/mol. The minimum Gasteiger partial charge on any atom is -0.338 e. The van der Waals surface area contributed by atoms with E-state index in [1.54, 1.807) is 0 Å². The average Bonchev–Trinajstić information content (AvgIpc) is 3.80. The fraction of sp³-hybridized carbons (Fsp3) is 0.312. The van der Waals surface area contributed by atoms with Crippen LogP contribution in [0.5, 0.6) is 0 Å². The molecule has 204 valence electrons. The van der Waals surface area contributed by atoms with Crippen LogP contribution in [0.3, 0.4) is 0 Å². The van der Waals surface area contributed by atoms with Crippen molar-refractivity contribution in [1.29, 1.82) is 0 Å².